The van der Waals surface area contributed by atoms with Crippen molar-refractivity contribution in [2.24, 2.45) is 0 Å². The molecule has 1 N–H and O–H groups in total. The van der Waals surface area contributed by atoms with Gasteiger partial charge in [0.1, 0.15) is 5.82 Å². The lowest BCUT2D eigenvalue weighted by Crippen LogP contribution is -2.46. The third-order valence-electron chi connectivity index (χ3n) is 3.17. The zero-order chi connectivity index (χ0) is 15.7. The highest BCUT2D eigenvalue weighted by atomic mass is 19.1. The maximum Gasteiger partial charge on any atom is 0.408 e. The number of rotatable bonds is 3. The lowest BCUT2D eigenvalue weighted by Gasteiger charge is -2.38. The van der Waals surface area contributed by atoms with E-state index in [1.165, 1.54) is 24.0 Å². The van der Waals surface area contributed by atoms with Gasteiger partial charge in [-0.3, -0.25) is 9.69 Å². The number of Topliss-reactive ketones (excluding diaryl/α,β-unsaturated/α-hetero) is 1. The van der Waals surface area contributed by atoms with E-state index in [2.05, 4.69) is 0 Å². The summed E-state index contributed by atoms with van der Waals surface area (Å²) in [6, 6.07) is 3.49. The highest BCUT2D eigenvalue weighted by molar-refractivity contribution is 5.94. The van der Waals surface area contributed by atoms with Crippen molar-refractivity contribution in [3.8, 4) is 0 Å². The van der Waals surface area contributed by atoms with Crippen LogP contribution in [-0.4, -0.2) is 27.4 Å². The summed E-state index contributed by atoms with van der Waals surface area (Å²) in [5.41, 5.74) is -0.125. The Morgan fingerprint density at radius 1 is 1.30 bits per heavy atom. The Balaban J connectivity index is 3.23. The van der Waals surface area contributed by atoms with Gasteiger partial charge in [-0.05, 0) is 40.7 Å². The Morgan fingerprint density at radius 3 is 2.20 bits per heavy atom. The summed E-state index contributed by atoms with van der Waals surface area (Å²) in [7, 11) is 0. The van der Waals surface area contributed by atoms with E-state index < -0.39 is 23.5 Å². The first-order valence-electron chi connectivity index (χ1n) is 6.38. The molecule has 0 fully saturated rings. The number of carboxylic acid groups (broad SMARTS) is 1. The molecule has 0 unspecified atom stereocenters. The van der Waals surface area contributed by atoms with Gasteiger partial charge in [0, 0.05) is 16.7 Å². The summed E-state index contributed by atoms with van der Waals surface area (Å²) in [6.07, 6.45) is -1.11. The van der Waals surface area contributed by atoms with Gasteiger partial charge in [-0.2, -0.15) is 0 Å². The number of hydrogen-bond donors (Lipinski definition) is 1. The second-order valence-corrected chi connectivity index (χ2v) is 5.79. The van der Waals surface area contributed by atoms with Crippen LogP contribution in [0.2, 0.25) is 0 Å². The molecule has 5 heteroatoms. The monoisotopic (exact) mass is 281 g/mol. The first-order chi connectivity index (χ1) is 9.05. The van der Waals surface area contributed by atoms with Crippen LogP contribution in [0.3, 0.4) is 0 Å². The fourth-order valence-corrected chi connectivity index (χ4v) is 2.26. The van der Waals surface area contributed by atoms with Crippen LogP contribution in [0.4, 0.5) is 9.18 Å². The Kier molecular flexibility index (Phi) is 4.53. The third-order valence-corrected chi connectivity index (χ3v) is 3.17. The van der Waals surface area contributed by atoms with Crippen molar-refractivity contribution in [2.45, 2.75) is 46.2 Å². The van der Waals surface area contributed by atoms with Crippen molar-refractivity contribution >= 4 is 11.9 Å². The summed E-state index contributed by atoms with van der Waals surface area (Å²) >= 11 is 0. The van der Waals surface area contributed by atoms with Crippen LogP contribution in [0, 0.1) is 5.82 Å². The molecule has 0 aliphatic heterocycles. The largest absolute Gasteiger partial charge is 0.465 e. The SMILES string of the molecule is CC(=O)c1ccc([C@H](C)N(C(=O)O)C(C)(C)C)c(F)c1. The van der Waals surface area contributed by atoms with Gasteiger partial charge in [-0.1, -0.05) is 12.1 Å². The number of benzene rings is 1. The number of ketones is 1. The van der Waals surface area contributed by atoms with Gasteiger partial charge in [0.05, 0.1) is 6.04 Å². The topological polar surface area (TPSA) is 57.6 Å². The molecular weight excluding hydrogens is 261 g/mol. The van der Waals surface area contributed by atoms with Crippen molar-refractivity contribution in [2.75, 3.05) is 0 Å². The molecular formula is C15H20FNO3. The molecule has 0 spiro atoms. The van der Waals surface area contributed by atoms with Crippen molar-refractivity contribution in [3.05, 3.63) is 35.1 Å². The van der Waals surface area contributed by atoms with Crippen LogP contribution in [0.1, 0.15) is 56.6 Å². The van der Waals surface area contributed by atoms with Crippen LogP contribution >= 0.6 is 0 Å². The molecule has 110 valence electrons. The van der Waals surface area contributed by atoms with Gasteiger partial charge in [-0.15, -0.1) is 0 Å². The van der Waals surface area contributed by atoms with Crippen LogP contribution < -0.4 is 0 Å². The van der Waals surface area contributed by atoms with E-state index in [0.29, 0.717) is 0 Å². The van der Waals surface area contributed by atoms with Gasteiger partial charge in [0.25, 0.3) is 0 Å². The van der Waals surface area contributed by atoms with Crippen molar-refractivity contribution in [1.82, 2.24) is 4.90 Å². The zero-order valence-electron chi connectivity index (χ0n) is 12.4. The summed E-state index contributed by atoms with van der Waals surface area (Å²) in [5.74, 6) is -0.797. The number of amides is 1. The predicted molar refractivity (Wildman–Crippen MR) is 74.4 cm³/mol. The van der Waals surface area contributed by atoms with Gasteiger partial charge in [0.15, 0.2) is 5.78 Å². The molecule has 0 saturated carbocycles. The quantitative estimate of drug-likeness (QED) is 0.856. The summed E-state index contributed by atoms with van der Waals surface area (Å²) < 4.78 is 14.1. The number of hydrogen-bond acceptors (Lipinski definition) is 2. The van der Waals surface area contributed by atoms with Crippen molar-refractivity contribution in [1.29, 1.82) is 0 Å². The Labute approximate surface area is 118 Å². The summed E-state index contributed by atoms with van der Waals surface area (Å²) in [5, 5.41) is 9.32. The molecule has 0 heterocycles. The molecule has 1 amide bonds. The third kappa shape index (κ3) is 3.35. The zero-order valence-corrected chi connectivity index (χ0v) is 12.4. The number of carbonyl (C=O) groups excluding carboxylic acids is 1. The van der Waals surface area contributed by atoms with Gasteiger partial charge >= 0.3 is 6.09 Å². The fraction of sp³-hybridized carbons (Fsp3) is 0.467. The molecule has 4 nitrogen and oxygen atoms in total. The van der Waals surface area contributed by atoms with E-state index >= 15 is 0 Å². The van der Waals surface area contributed by atoms with E-state index in [-0.39, 0.29) is 16.9 Å². The van der Waals surface area contributed by atoms with Crippen molar-refractivity contribution in [3.63, 3.8) is 0 Å². The standard InChI is InChI=1S/C15H20FNO3/c1-9(17(14(19)20)15(3,4)5)12-7-6-11(10(2)18)8-13(12)16/h6-9H,1-5H3,(H,19,20)/t9-/m0/s1. The Bertz CT molecular complexity index is 534. The summed E-state index contributed by atoms with van der Waals surface area (Å²) in [6.45, 7) is 8.24. The average Bonchev–Trinajstić information content (AvgIpc) is 2.25. The smallest absolute Gasteiger partial charge is 0.408 e. The maximum absolute atomic E-state index is 14.1. The van der Waals surface area contributed by atoms with E-state index in [0.717, 1.165) is 6.07 Å². The Hall–Kier alpha value is -1.91. The minimum absolute atomic E-state index is 0.228. The fourth-order valence-electron chi connectivity index (χ4n) is 2.26. The highest BCUT2D eigenvalue weighted by Gasteiger charge is 2.32. The lowest BCUT2D eigenvalue weighted by molar-refractivity contribution is 0.0742. The van der Waals surface area contributed by atoms with E-state index in [1.807, 2.05) is 0 Å². The lowest BCUT2D eigenvalue weighted by atomic mass is 9.98. The minimum atomic E-state index is -1.11. The number of nitrogens with zero attached hydrogens (tertiary/aromatic N) is 1. The molecule has 0 radical (unpaired) electrons. The van der Waals surface area contributed by atoms with Crippen LogP contribution in [0.15, 0.2) is 18.2 Å². The van der Waals surface area contributed by atoms with E-state index in [9.17, 15) is 19.1 Å². The maximum atomic E-state index is 14.1. The molecule has 1 rings (SSSR count). The second kappa shape index (κ2) is 5.61. The molecule has 1 aromatic carbocycles. The molecule has 20 heavy (non-hydrogen) atoms. The first kappa shape index (κ1) is 16.1. The first-order valence-corrected chi connectivity index (χ1v) is 6.38. The van der Waals surface area contributed by atoms with Gasteiger partial charge < -0.3 is 5.11 Å². The average molecular weight is 281 g/mol. The van der Waals surface area contributed by atoms with Crippen LogP contribution in [-0.2, 0) is 0 Å². The van der Waals surface area contributed by atoms with Crippen molar-refractivity contribution < 1.29 is 19.1 Å². The molecule has 1 aromatic rings. The number of carbonyl (C=O) groups is 2. The second-order valence-electron chi connectivity index (χ2n) is 5.79. The predicted octanol–water partition coefficient (Wildman–Crippen LogP) is 3.87. The van der Waals surface area contributed by atoms with Crippen LogP contribution in [0.5, 0.6) is 0 Å². The molecule has 0 aliphatic rings. The number of halogens is 1. The van der Waals surface area contributed by atoms with Gasteiger partial charge in [-0.25, -0.2) is 9.18 Å². The molecule has 0 bridgehead atoms. The van der Waals surface area contributed by atoms with E-state index in [4.69, 9.17) is 0 Å². The molecule has 0 saturated heterocycles. The van der Waals surface area contributed by atoms with E-state index in [1.54, 1.807) is 27.7 Å². The normalized spacial score (nSPS) is 12.9. The molecule has 0 aliphatic carbocycles. The minimum Gasteiger partial charge on any atom is -0.465 e. The van der Waals surface area contributed by atoms with Crippen LogP contribution in [0.25, 0.3) is 0 Å². The Morgan fingerprint density at radius 2 is 1.85 bits per heavy atom. The molecule has 0 aromatic heterocycles. The molecule has 1 atom stereocenters. The summed E-state index contributed by atoms with van der Waals surface area (Å²) in [4.78, 5) is 23.8. The van der Waals surface area contributed by atoms with Gasteiger partial charge in [0.2, 0.25) is 0 Å². The highest BCUT2D eigenvalue weighted by Crippen LogP contribution is 2.30.